The molecule has 0 fully saturated rings. The quantitative estimate of drug-likeness (QED) is 0.846. The molecule has 0 aromatic heterocycles. The largest absolute Gasteiger partial charge is 0.480 e. The Kier molecular flexibility index (Phi) is 3.94. The summed E-state index contributed by atoms with van der Waals surface area (Å²) in [6, 6.07) is 5.40. The molecule has 94 valence electrons. The van der Waals surface area contributed by atoms with E-state index in [1.807, 2.05) is 19.1 Å². The van der Waals surface area contributed by atoms with Crippen LogP contribution in [0.2, 0.25) is 0 Å². The SMILES string of the molecule is CNC(C(=O)O)c1cc(C(C)(C)C)ccc1C. The van der Waals surface area contributed by atoms with Crippen molar-refractivity contribution in [1.29, 1.82) is 0 Å². The Bertz CT molecular complexity index is 419. The van der Waals surface area contributed by atoms with Crippen molar-refractivity contribution < 1.29 is 9.90 Å². The minimum absolute atomic E-state index is 0.0270. The van der Waals surface area contributed by atoms with Crippen molar-refractivity contribution in [2.24, 2.45) is 0 Å². The maximum atomic E-state index is 11.2. The van der Waals surface area contributed by atoms with Gasteiger partial charge in [-0.15, -0.1) is 0 Å². The molecular weight excluding hydrogens is 214 g/mol. The summed E-state index contributed by atoms with van der Waals surface area (Å²) in [5.74, 6) is -0.846. The molecule has 1 rings (SSSR count). The number of rotatable bonds is 3. The highest BCUT2D eigenvalue weighted by Gasteiger charge is 2.22. The minimum atomic E-state index is -0.846. The summed E-state index contributed by atoms with van der Waals surface area (Å²) < 4.78 is 0. The molecule has 0 bridgehead atoms. The van der Waals surface area contributed by atoms with Crippen molar-refractivity contribution >= 4 is 5.97 Å². The molecule has 0 aliphatic carbocycles. The van der Waals surface area contributed by atoms with Crippen LogP contribution in [-0.2, 0) is 10.2 Å². The van der Waals surface area contributed by atoms with Crippen molar-refractivity contribution in [1.82, 2.24) is 5.32 Å². The number of hydrogen-bond donors (Lipinski definition) is 2. The molecule has 3 nitrogen and oxygen atoms in total. The van der Waals surface area contributed by atoms with Gasteiger partial charge in [-0.1, -0.05) is 39.0 Å². The van der Waals surface area contributed by atoms with Crippen molar-refractivity contribution in [2.75, 3.05) is 7.05 Å². The molecule has 1 aromatic carbocycles. The molecular formula is C14H21NO2. The molecule has 0 aliphatic rings. The van der Waals surface area contributed by atoms with E-state index in [2.05, 4.69) is 32.2 Å². The number of benzene rings is 1. The Balaban J connectivity index is 3.28. The molecule has 0 saturated carbocycles. The van der Waals surface area contributed by atoms with Gasteiger partial charge in [0.15, 0.2) is 0 Å². The lowest BCUT2D eigenvalue weighted by atomic mass is 9.84. The van der Waals surface area contributed by atoms with Crippen LogP contribution in [0.4, 0.5) is 0 Å². The number of aliphatic carboxylic acids is 1. The van der Waals surface area contributed by atoms with Gasteiger partial charge in [0, 0.05) is 0 Å². The number of carbonyl (C=O) groups is 1. The van der Waals surface area contributed by atoms with Gasteiger partial charge in [0.1, 0.15) is 6.04 Å². The molecule has 17 heavy (non-hydrogen) atoms. The second-order valence-electron chi connectivity index (χ2n) is 5.38. The molecule has 1 atom stereocenters. The van der Waals surface area contributed by atoms with Gasteiger partial charge >= 0.3 is 5.97 Å². The van der Waals surface area contributed by atoms with Crippen LogP contribution in [0, 0.1) is 6.92 Å². The molecule has 1 unspecified atom stereocenters. The fourth-order valence-corrected chi connectivity index (χ4v) is 1.83. The standard InChI is InChI=1S/C14H21NO2/c1-9-6-7-10(14(2,3)4)8-11(9)12(15-5)13(16)17/h6-8,12,15H,1-5H3,(H,16,17). The van der Waals surface area contributed by atoms with Gasteiger partial charge in [-0.3, -0.25) is 4.79 Å². The summed E-state index contributed by atoms with van der Waals surface area (Å²) in [6.45, 7) is 8.30. The number of aryl methyl sites for hydroxylation is 1. The summed E-state index contributed by atoms with van der Waals surface area (Å²) in [5, 5.41) is 12.0. The number of carboxylic acid groups (broad SMARTS) is 1. The normalized spacial score (nSPS) is 13.5. The molecule has 0 saturated heterocycles. The van der Waals surface area contributed by atoms with Crippen molar-refractivity contribution in [3.05, 3.63) is 34.9 Å². The highest BCUT2D eigenvalue weighted by Crippen LogP contribution is 2.27. The van der Waals surface area contributed by atoms with E-state index >= 15 is 0 Å². The van der Waals surface area contributed by atoms with Crippen LogP contribution in [0.15, 0.2) is 18.2 Å². The van der Waals surface area contributed by atoms with Gasteiger partial charge in [-0.05, 0) is 36.1 Å². The maximum Gasteiger partial charge on any atom is 0.325 e. The maximum absolute atomic E-state index is 11.2. The molecule has 3 heteroatoms. The zero-order valence-electron chi connectivity index (χ0n) is 11.2. The van der Waals surface area contributed by atoms with E-state index in [-0.39, 0.29) is 5.41 Å². The highest BCUT2D eigenvalue weighted by molar-refractivity contribution is 5.76. The first kappa shape index (κ1) is 13.7. The van der Waals surface area contributed by atoms with Crippen LogP contribution in [0.3, 0.4) is 0 Å². The van der Waals surface area contributed by atoms with Gasteiger partial charge in [-0.25, -0.2) is 0 Å². The number of hydrogen-bond acceptors (Lipinski definition) is 2. The third-order valence-corrected chi connectivity index (χ3v) is 2.99. The van der Waals surface area contributed by atoms with Gasteiger partial charge < -0.3 is 10.4 Å². The van der Waals surface area contributed by atoms with Gasteiger partial charge in [0.05, 0.1) is 0 Å². The Labute approximate surface area is 103 Å². The lowest BCUT2D eigenvalue weighted by Gasteiger charge is -2.22. The Hall–Kier alpha value is -1.35. The van der Waals surface area contributed by atoms with E-state index < -0.39 is 12.0 Å². The third kappa shape index (κ3) is 3.07. The van der Waals surface area contributed by atoms with Gasteiger partial charge in [0.2, 0.25) is 0 Å². The Morgan fingerprint density at radius 3 is 2.35 bits per heavy atom. The summed E-state index contributed by atoms with van der Waals surface area (Å²) in [5.41, 5.74) is 3.02. The van der Waals surface area contributed by atoms with E-state index in [4.69, 9.17) is 0 Å². The second kappa shape index (κ2) is 4.88. The van der Waals surface area contributed by atoms with E-state index in [0.717, 1.165) is 16.7 Å². The predicted octanol–water partition coefficient (Wildman–Crippen LogP) is 2.64. The molecule has 1 aromatic rings. The minimum Gasteiger partial charge on any atom is -0.480 e. The highest BCUT2D eigenvalue weighted by atomic mass is 16.4. The number of carboxylic acids is 1. The lowest BCUT2D eigenvalue weighted by Crippen LogP contribution is -2.26. The number of likely N-dealkylation sites (N-methyl/N-ethyl adjacent to an activating group) is 1. The summed E-state index contributed by atoms with van der Waals surface area (Å²) >= 11 is 0. The van der Waals surface area contributed by atoms with Crippen molar-refractivity contribution in [3.8, 4) is 0 Å². The molecule has 2 N–H and O–H groups in total. The van der Waals surface area contributed by atoms with Crippen LogP contribution < -0.4 is 5.32 Å². The predicted molar refractivity (Wildman–Crippen MR) is 69.3 cm³/mol. The fraction of sp³-hybridized carbons (Fsp3) is 0.500. The lowest BCUT2D eigenvalue weighted by molar-refractivity contribution is -0.139. The first-order valence-electron chi connectivity index (χ1n) is 5.78. The van der Waals surface area contributed by atoms with Gasteiger partial charge in [0.25, 0.3) is 0 Å². The average molecular weight is 235 g/mol. The monoisotopic (exact) mass is 235 g/mol. The topological polar surface area (TPSA) is 49.3 Å². The van der Waals surface area contributed by atoms with Crippen LogP contribution in [0.1, 0.15) is 43.5 Å². The first-order chi connectivity index (χ1) is 7.77. The zero-order chi connectivity index (χ0) is 13.2. The smallest absolute Gasteiger partial charge is 0.325 e. The number of nitrogens with one attached hydrogen (secondary N) is 1. The van der Waals surface area contributed by atoms with Crippen LogP contribution in [-0.4, -0.2) is 18.1 Å². The summed E-state index contributed by atoms with van der Waals surface area (Å²) in [7, 11) is 1.67. The zero-order valence-corrected chi connectivity index (χ0v) is 11.2. The molecule has 0 radical (unpaired) electrons. The Morgan fingerprint density at radius 2 is 1.94 bits per heavy atom. The van der Waals surface area contributed by atoms with Gasteiger partial charge in [-0.2, -0.15) is 0 Å². The molecule has 0 aliphatic heterocycles. The van der Waals surface area contributed by atoms with E-state index in [0.29, 0.717) is 0 Å². The van der Waals surface area contributed by atoms with Crippen molar-refractivity contribution in [2.45, 2.75) is 39.2 Å². The molecule has 0 spiro atoms. The van der Waals surface area contributed by atoms with E-state index in [9.17, 15) is 9.90 Å². The van der Waals surface area contributed by atoms with Crippen LogP contribution >= 0.6 is 0 Å². The first-order valence-corrected chi connectivity index (χ1v) is 5.78. The fourth-order valence-electron chi connectivity index (χ4n) is 1.83. The van der Waals surface area contributed by atoms with E-state index in [1.165, 1.54) is 0 Å². The summed E-state index contributed by atoms with van der Waals surface area (Å²) in [4.78, 5) is 11.2. The Morgan fingerprint density at radius 1 is 1.35 bits per heavy atom. The molecule has 0 heterocycles. The summed E-state index contributed by atoms with van der Waals surface area (Å²) in [6.07, 6.45) is 0. The van der Waals surface area contributed by atoms with Crippen LogP contribution in [0.25, 0.3) is 0 Å². The van der Waals surface area contributed by atoms with Crippen molar-refractivity contribution in [3.63, 3.8) is 0 Å². The molecule has 0 amide bonds. The van der Waals surface area contributed by atoms with Crippen LogP contribution in [0.5, 0.6) is 0 Å². The average Bonchev–Trinajstić information content (AvgIpc) is 2.19. The second-order valence-corrected chi connectivity index (χ2v) is 5.38. The third-order valence-electron chi connectivity index (χ3n) is 2.99. The van der Waals surface area contributed by atoms with E-state index in [1.54, 1.807) is 7.05 Å².